The van der Waals surface area contributed by atoms with Crippen LogP contribution in [0, 0.1) is 0 Å². The van der Waals surface area contributed by atoms with E-state index in [2.05, 4.69) is 15.6 Å². The van der Waals surface area contributed by atoms with Crippen molar-refractivity contribution in [2.24, 2.45) is 5.14 Å². The zero-order valence-corrected chi connectivity index (χ0v) is 16.7. The average molecular weight is 446 g/mol. The molecule has 0 aliphatic carbocycles. The molecule has 0 bridgehead atoms. The molecule has 1 aromatic heterocycles. The van der Waals surface area contributed by atoms with Gasteiger partial charge in [0.05, 0.1) is 29.3 Å². The molecule has 4 N–H and O–H groups in total. The lowest BCUT2D eigenvalue weighted by atomic mass is 10.3. The predicted molar refractivity (Wildman–Crippen MR) is 103 cm³/mol. The molecule has 0 atom stereocenters. The molecule has 13 heteroatoms. The first-order valence-electron chi connectivity index (χ1n) is 7.89. The molecule has 3 rings (SSSR count). The smallest absolute Gasteiger partial charge is 0.246 e. The normalized spacial score (nSPS) is 16.1. The van der Waals surface area contributed by atoms with Crippen LogP contribution in [0.2, 0.25) is 5.02 Å². The second-order valence-corrected chi connectivity index (χ2v) is 9.72. The van der Waals surface area contributed by atoms with Crippen molar-refractivity contribution in [1.82, 2.24) is 9.29 Å². The van der Waals surface area contributed by atoms with Gasteiger partial charge < -0.3 is 10.6 Å². The zero-order chi connectivity index (χ0) is 20.5. The number of benzene rings is 1. The number of hydrogen-bond acceptors (Lipinski definition) is 7. The summed E-state index contributed by atoms with van der Waals surface area (Å²) in [6.45, 7) is -0.214. The van der Waals surface area contributed by atoms with Gasteiger partial charge in [-0.1, -0.05) is 11.6 Å². The Labute approximate surface area is 166 Å². The van der Waals surface area contributed by atoms with Crippen molar-refractivity contribution in [3.05, 3.63) is 41.7 Å². The molecule has 0 saturated heterocycles. The maximum Gasteiger partial charge on any atom is 0.246 e. The summed E-state index contributed by atoms with van der Waals surface area (Å²) < 4.78 is 49.9. The molecule has 0 fully saturated rings. The Morgan fingerprint density at radius 2 is 2.14 bits per heavy atom. The number of carbonyl (C=O) groups excluding carboxylic acids is 1. The maximum absolute atomic E-state index is 12.8. The van der Waals surface area contributed by atoms with Gasteiger partial charge in [-0.3, -0.25) is 9.78 Å². The van der Waals surface area contributed by atoms with Crippen molar-refractivity contribution >= 4 is 48.9 Å². The number of sulfonamides is 2. The number of nitrogens with two attached hydrogens (primary N) is 1. The Balaban J connectivity index is 1.78. The third kappa shape index (κ3) is 4.25. The monoisotopic (exact) mass is 445 g/mol. The molecule has 2 aromatic rings. The number of aromatic nitrogens is 1. The van der Waals surface area contributed by atoms with E-state index in [9.17, 15) is 21.6 Å². The number of amides is 1. The van der Waals surface area contributed by atoms with E-state index in [4.69, 9.17) is 16.7 Å². The van der Waals surface area contributed by atoms with Crippen LogP contribution in [0.3, 0.4) is 0 Å². The van der Waals surface area contributed by atoms with Gasteiger partial charge in [0.2, 0.25) is 26.0 Å². The van der Waals surface area contributed by atoms with E-state index in [1.165, 1.54) is 12.3 Å². The van der Waals surface area contributed by atoms with E-state index < -0.39 is 30.8 Å². The summed E-state index contributed by atoms with van der Waals surface area (Å²) in [6, 6.07) is 5.41. The zero-order valence-electron chi connectivity index (χ0n) is 14.3. The van der Waals surface area contributed by atoms with Gasteiger partial charge in [0, 0.05) is 19.2 Å². The van der Waals surface area contributed by atoms with Crippen molar-refractivity contribution in [2.45, 2.75) is 16.2 Å². The Bertz CT molecular complexity index is 1120. The molecule has 0 saturated carbocycles. The average Bonchev–Trinajstić information content (AvgIpc) is 2.60. The Hall–Kier alpha value is -2.25. The van der Waals surface area contributed by atoms with Crippen molar-refractivity contribution in [2.75, 3.05) is 23.8 Å². The highest BCUT2D eigenvalue weighted by atomic mass is 35.5. The molecule has 28 heavy (non-hydrogen) atoms. The van der Waals surface area contributed by atoms with Gasteiger partial charge in [0.1, 0.15) is 9.79 Å². The highest BCUT2D eigenvalue weighted by Crippen LogP contribution is 2.35. The lowest BCUT2D eigenvalue weighted by Gasteiger charge is -2.29. The number of rotatable bonds is 5. The van der Waals surface area contributed by atoms with Crippen LogP contribution in [0.4, 0.5) is 11.4 Å². The van der Waals surface area contributed by atoms with Crippen LogP contribution < -0.4 is 15.8 Å². The van der Waals surface area contributed by atoms with Crippen LogP contribution in [-0.4, -0.2) is 45.2 Å². The minimum atomic E-state index is -4.21. The molecule has 0 spiro atoms. The van der Waals surface area contributed by atoms with Gasteiger partial charge in [-0.05, 0) is 24.3 Å². The fourth-order valence-electron chi connectivity index (χ4n) is 2.59. The van der Waals surface area contributed by atoms with E-state index in [1.807, 2.05) is 0 Å². The molecular weight excluding hydrogens is 430 g/mol. The van der Waals surface area contributed by atoms with Gasteiger partial charge in [-0.2, -0.15) is 4.31 Å². The third-order valence-corrected chi connectivity index (χ3v) is 7.20. The van der Waals surface area contributed by atoms with Crippen LogP contribution in [0.5, 0.6) is 0 Å². The predicted octanol–water partition coefficient (Wildman–Crippen LogP) is 0.785. The van der Waals surface area contributed by atoms with Gasteiger partial charge in [-0.25, -0.2) is 22.0 Å². The number of halogens is 1. The van der Waals surface area contributed by atoms with Crippen molar-refractivity contribution < 1.29 is 21.6 Å². The minimum absolute atomic E-state index is 0.0967. The molecule has 10 nitrogen and oxygen atoms in total. The second-order valence-electron chi connectivity index (χ2n) is 5.88. The van der Waals surface area contributed by atoms with Gasteiger partial charge in [-0.15, -0.1) is 0 Å². The standard InChI is InChI=1S/C15H16ClN5O5S2/c16-11-6-12-14(7-13(11)27(17,23)24)28(25,26)21(9-19-12)5-3-15(22)20-10-2-1-4-18-8-10/h1-2,4,6-8,19H,3,5,9H2,(H,20,22)(H2,17,23,24). The third-order valence-electron chi connectivity index (χ3n) is 3.94. The highest BCUT2D eigenvalue weighted by molar-refractivity contribution is 7.90. The molecule has 2 heterocycles. The first kappa shape index (κ1) is 20.5. The number of fused-ring (bicyclic) bond motifs is 1. The molecule has 1 aliphatic heterocycles. The number of nitrogens with one attached hydrogen (secondary N) is 2. The van der Waals surface area contributed by atoms with E-state index >= 15 is 0 Å². The Kier molecular flexibility index (Phi) is 5.59. The number of carbonyl (C=O) groups is 1. The van der Waals surface area contributed by atoms with Crippen molar-refractivity contribution in [1.29, 1.82) is 0 Å². The van der Waals surface area contributed by atoms with E-state index in [-0.39, 0.29) is 35.2 Å². The van der Waals surface area contributed by atoms with Gasteiger partial charge in [0.15, 0.2) is 0 Å². The number of anilines is 2. The second kappa shape index (κ2) is 7.64. The summed E-state index contributed by atoms with van der Waals surface area (Å²) in [6.07, 6.45) is 2.91. The molecule has 0 radical (unpaired) electrons. The minimum Gasteiger partial charge on any atom is -0.370 e. The Morgan fingerprint density at radius 1 is 1.39 bits per heavy atom. The summed E-state index contributed by atoms with van der Waals surface area (Å²) in [7, 11) is -8.26. The lowest BCUT2D eigenvalue weighted by molar-refractivity contribution is -0.116. The molecule has 150 valence electrons. The number of nitrogens with zero attached hydrogens (tertiary/aromatic N) is 2. The summed E-state index contributed by atoms with van der Waals surface area (Å²) in [5.74, 6) is -0.393. The highest BCUT2D eigenvalue weighted by Gasteiger charge is 2.33. The van der Waals surface area contributed by atoms with Crippen LogP contribution in [0.15, 0.2) is 46.5 Å². The molecular formula is C15H16ClN5O5S2. The van der Waals surface area contributed by atoms with E-state index in [0.717, 1.165) is 10.4 Å². The van der Waals surface area contributed by atoms with Crippen LogP contribution in [0.1, 0.15) is 6.42 Å². The van der Waals surface area contributed by atoms with Crippen LogP contribution >= 0.6 is 11.6 Å². The molecule has 1 aliphatic rings. The van der Waals surface area contributed by atoms with Crippen molar-refractivity contribution in [3.8, 4) is 0 Å². The summed E-state index contributed by atoms with van der Waals surface area (Å²) >= 11 is 5.89. The maximum atomic E-state index is 12.8. The summed E-state index contributed by atoms with van der Waals surface area (Å²) in [5, 5.41) is 10.4. The van der Waals surface area contributed by atoms with Gasteiger partial charge in [0.25, 0.3) is 0 Å². The first-order valence-corrected chi connectivity index (χ1v) is 11.3. The SMILES string of the molecule is NS(=O)(=O)c1cc2c(cc1Cl)NCN(CCC(=O)Nc1cccnc1)S2(=O)=O. The lowest BCUT2D eigenvalue weighted by Crippen LogP contribution is -2.41. The number of hydrogen-bond donors (Lipinski definition) is 3. The van der Waals surface area contributed by atoms with E-state index in [0.29, 0.717) is 5.69 Å². The van der Waals surface area contributed by atoms with Crippen LogP contribution in [-0.2, 0) is 24.8 Å². The summed E-state index contributed by atoms with van der Waals surface area (Å²) in [5.41, 5.74) is 0.651. The van der Waals surface area contributed by atoms with Crippen molar-refractivity contribution in [3.63, 3.8) is 0 Å². The Morgan fingerprint density at radius 3 is 2.79 bits per heavy atom. The van der Waals surface area contributed by atoms with Crippen LogP contribution in [0.25, 0.3) is 0 Å². The fourth-order valence-corrected chi connectivity index (χ4v) is 5.28. The quantitative estimate of drug-likeness (QED) is 0.615. The number of primary sulfonamides is 1. The first-order chi connectivity index (χ1) is 13.1. The van der Waals surface area contributed by atoms with E-state index in [1.54, 1.807) is 18.3 Å². The largest absolute Gasteiger partial charge is 0.370 e. The molecule has 0 unspecified atom stereocenters. The topological polar surface area (TPSA) is 152 Å². The number of pyridine rings is 1. The molecule has 1 amide bonds. The molecule has 1 aromatic carbocycles. The van der Waals surface area contributed by atoms with Gasteiger partial charge >= 0.3 is 0 Å². The fraction of sp³-hybridized carbons (Fsp3) is 0.200. The summed E-state index contributed by atoms with van der Waals surface area (Å²) in [4.78, 5) is 15.1.